The maximum Gasteiger partial charge on any atom is -0.00284 e. The molecule has 2 unspecified atom stereocenters. The molecule has 1 rings (SSSR count). The molecule has 1 fully saturated rings. The van der Waals surface area contributed by atoms with Gasteiger partial charge in [-0.15, -0.1) is 0 Å². The molecule has 2 heteroatoms. The Balaban J connectivity index is 2.44. The van der Waals surface area contributed by atoms with Crippen LogP contribution in [0, 0.1) is 11.1 Å². The van der Waals surface area contributed by atoms with Crippen molar-refractivity contribution in [1.82, 2.24) is 5.06 Å². The van der Waals surface area contributed by atoms with Gasteiger partial charge in [-0.3, -0.25) is 0 Å². The van der Waals surface area contributed by atoms with Gasteiger partial charge in [0, 0.05) is 0 Å². The van der Waals surface area contributed by atoms with Crippen molar-refractivity contribution in [2.75, 3.05) is 6.54 Å². The molecular weight excluding hydrogens is 102 g/mol. The summed E-state index contributed by atoms with van der Waals surface area (Å²) in [5, 5.41) is 11.9. The molecule has 1 saturated heterocycles. The second-order valence-corrected chi connectivity index (χ2v) is 2.65. The Labute approximate surface area is 50.1 Å². The van der Waals surface area contributed by atoms with Gasteiger partial charge in [-0.2, -0.15) is 0 Å². The van der Waals surface area contributed by atoms with Crippen LogP contribution in [0.25, 0.3) is 0 Å². The highest BCUT2D eigenvalue weighted by Crippen LogP contribution is 2.21. The highest BCUT2D eigenvalue weighted by atomic mass is 16.5. The lowest BCUT2D eigenvalue weighted by Crippen LogP contribution is -2.22. The molecule has 0 aliphatic carbocycles. The van der Waals surface area contributed by atoms with Crippen molar-refractivity contribution in [3.8, 4) is 0 Å². The lowest BCUT2D eigenvalue weighted by molar-refractivity contribution is 0.337. The van der Waals surface area contributed by atoms with E-state index in [0.717, 1.165) is 13.0 Å². The van der Waals surface area contributed by atoms with Crippen LogP contribution in [-0.4, -0.2) is 17.6 Å². The number of hydrogen-bond acceptors (Lipinski definition) is 2. The molecule has 48 valence electrons. The number of hydrogen-bond donors (Lipinski definition) is 0. The Bertz CT molecular complexity index is 74.6. The first kappa shape index (κ1) is 6.05. The number of hydroxylamine groups is 2. The predicted octanol–water partition coefficient (Wildman–Crippen LogP) is 1.21. The first-order chi connectivity index (χ1) is 3.72. The lowest BCUT2D eigenvalue weighted by Gasteiger charge is -2.28. The van der Waals surface area contributed by atoms with Gasteiger partial charge in [0.25, 0.3) is 0 Å². The molecule has 0 spiro atoms. The third-order valence-corrected chi connectivity index (χ3v) is 2.08. The van der Waals surface area contributed by atoms with E-state index >= 15 is 0 Å². The molecule has 2 atom stereocenters. The summed E-state index contributed by atoms with van der Waals surface area (Å²) in [6, 6.07) is 0.259. The van der Waals surface area contributed by atoms with Gasteiger partial charge in [0.05, 0.1) is 0 Å². The maximum absolute atomic E-state index is 10.7. The summed E-state index contributed by atoms with van der Waals surface area (Å²) in [6.45, 7) is 4.86. The molecule has 0 aromatic heterocycles. The van der Waals surface area contributed by atoms with Crippen molar-refractivity contribution >= 4 is 0 Å². The minimum Gasteiger partial charge on any atom is -0.785 e. The summed E-state index contributed by atoms with van der Waals surface area (Å²) < 4.78 is 0. The fraction of sp³-hybridized carbons (Fsp3) is 1.00. The van der Waals surface area contributed by atoms with E-state index < -0.39 is 0 Å². The van der Waals surface area contributed by atoms with Crippen molar-refractivity contribution in [3.05, 3.63) is 5.21 Å². The molecule has 1 heterocycles. The Morgan fingerprint density at radius 2 is 2.12 bits per heavy atom. The van der Waals surface area contributed by atoms with Crippen LogP contribution in [0.4, 0.5) is 0 Å². The van der Waals surface area contributed by atoms with Gasteiger partial charge in [0.2, 0.25) is 0 Å². The standard InChI is InChI=1S/C6H12NO/c1-5-3-4-7(8)6(5)2/h5-6H,3-4H2,1-2H3/q-1. The van der Waals surface area contributed by atoms with Crippen molar-refractivity contribution in [2.45, 2.75) is 26.3 Å². The second-order valence-electron chi connectivity index (χ2n) is 2.65. The molecule has 0 saturated carbocycles. The zero-order chi connectivity index (χ0) is 6.15. The van der Waals surface area contributed by atoms with Crippen molar-refractivity contribution < 1.29 is 0 Å². The SMILES string of the molecule is CC1CCN([O-])C1C. The predicted molar refractivity (Wildman–Crippen MR) is 33.3 cm³/mol. The molecule has 8 heavy (non-hydrogen) atoms. The van der Waals surface area contributed by atoms with Crippen LogP contribution in [0.5, 0.6) is 0 Å². The summed E-state index contributed by atoms with van der Waals surface area (Å²) in [5.74, 6) is 0.604. The third kappa shape index (κ3) is 0.858. The molecule has 0 N–H and O–H groups in total. The molecule has 0 amide bonds. The zero-order valence-corrected chi connectivity index (χ0v) is 5.42. The van der Waals surface area contributed by atoms with E-state index in [0.29, 0.717) is 5.92 Å². The Morgan fingerprint density at radius 3 is 2.25 bits per heavy atom. The Hall–Kier alpha value is -0.0800. The zero-order valence-electron chi connectivity index (χ0n) is 5.42. The van der Waals surface area contributed by atoms with Gasteiger partial charge in [0.15, 0.2) is 0 Å². The van der Waals surface area contributed by atoms with E-state index in [9.17, 15) is 5.21 Å². The first-order valence-electron chi connectivity index (χ1n) is 3.15. The highest BCUT2D eigenvalue weighted by molar-refractivity contribution is 4.80. The van der Waals surface area contributed by atoms with Crippen LogP contribution in [0.15, 0.2) is 0 Å². The van der Waals surface area contributed by atoms with Gasteiger partial charge >= 0.3 is 0 Å². The van der Waals surface area contributed by atoms with Crippen LogP contribution in [0.1, 0.15) is 20.3 Å². The number of nitrogens with zero attached hydrogens (tertiary/aromatic N) is 1. The summed E-state index contributed by atoms with van der Waals surface area (Å²) in [4.78, 5) is 0. The van der Waals surface area contributed by atoms with Crippen LogP contribution in [0.2, 0.25) is 0 Å². The lowest BCUT2D eigenvalue weighted by atomic mass is 10.1. The fourth-order valence-electron chi connectivity index (χ4n) is 1.06. The van der Waals surface area contributed by atoms with Crippen LogP contribution >= 0.6 is 0 Å². The van der Waals surface area contributed by atoms with E-state index in [1.165, 1.54) is 5.06 Å². The summed E-state index contributed by atoms with van der Waals surface area (Å²) in [6.07, 6.45) is 1.07. The molecule has 0 radical (unpaired) electrons. The molecule has 0 aromatic rings. The first-order valence-corrected chi connectivity index (χ1v) is 3.15. The quantitative estimate of drug-likeness (QED) is 0.473. The average molecular weight is 114 g/mol. The Kier molecular flexibility index (Phi) is 1.54. The summed E-state index contributed by atoms with van der Waals surface area (Å²) >= 11 is 0. The normalized spacial score (nSPS) is 40.9. The maximum atomic E-state index is 10.7. The highest BCUT2D eigenvalue weighted by Gasteiger charge is 2.19. The van der Waals surface area contributed by atoms with Gasteiger partial charge in [-0.25, -0.2) is 0 Å². The van der Waals surface area contributed by atoms with E-state index in [1.807, 2.05) is 6.92 Å². The molecule has 1 aliphatic rings. The van der Waals surface area contributed by atoms with Crippen molar-refractivity contribution in [3.63, 3.8) is 0 Å². The Morgan fingerprint density at radius 1 is 1.50 bits per heavy atom. The molecule has 0 bridgehead atoms. The average Bonchev–Trinajstić information content (AvgIpc) is 1.98. The fourth-order valence-corrected chi connectivity index (χ4v) is 1.06. The van der Waals surface area contributed by atoms with E-state index in [-0.39, 0.29) is 6.04 Å². The summed E-state index contributed by atoms with van der Waals surface area (Å²) in [5.41, 5.74) is 0. The van der Waals surface area contributed by atoms with Gasteiger partial charge < -0.3 is 10.3 Å². The topological polar surface area (TPSA) is 26.3 Å². The van der Waals surface area contributed by atoms with E-state index in [1.54, 1.807) is 0 Å². The smallest absolute Gasteiger partial charge is 0.00284 e. The molecule has 1 aliphatic heterocycles. The van der Waals surface area contributed by atoms with Crippen molar-refractivity contribution in [1.29, 1.82) is 0 Å². The van der Waals surface area contributed by atoms with E-state index in [4.69, 9.17) is 0 Å². The molecule has 0 aromatic carbocycles. The number of rotatable bonds is 0. The second kappa shape index (κ2) is 2.03. The molecule has 2 nitrogen and oxygen atoms in total. The monoisotopic (exact) mass is 114 g/mol. The minimum atomic E-state index is 0.259. The minimum absolute atomic E-state index is 0.259. The van der Waals surface area contributed by atoms with Crippen molar-refractivity contribution in [2.24, 2.45) is 5.92 Å². The van der Waals surface area contributed by atoms with Gasteiger partial charge in [0.1, 0.15) is 0 Å². The van der Waals surface area contributed by atoms with Crippen LogP contribution in [0.3, 0.4) is 0 Å². The summed E-state index contributed by atoms with van der Waals surface area (Å²) in [7, 11) is 0. The third-order valence-electron chi connectivity index (χ3n) is 2.08. The largest absolute Gasteiger partial charge is 0.785 e. The van der Waals surface area contributed by atoms with Crippen LogP contribution < -0.4 is 0 Å². The van der Waals surface area contributed by atoms with Crippen LogP contribution in [-0.2, 0) is 0 Å². The van der Waals surface area contributed by atoms with Gasteiger partial charge in [-0.1, -0.05) is 13.8 Å². The molecular formula is C6H12NO-. The van der Waals surface area contributed by atoms with Gasteiger partial charge in [-0.05, 0) is 24.9 Å². The van der Waals surface area contributed by atoms with E-state index in [2.05, 4.69) is 6.92 Å².